The monoisotopic (exact) mass is 417 g/mol. The van der Waals surface area contributed by atoms with Gasteiger partial charge in [-0.15, -0.1) is 11.8 Å². The Morgan fingerprint density at radius 3 is 2.68 bits per heavy atom. The van der Waals surface area contributed by atoms with E-state index in [0.29, 0.717) is 16.8 Å². The molecule has 0 radical (unpaired) electrons. The van der Waals surface area contributed by atoms with Crippen molar-refractivity contribution in [1.82, 2.24) is 9.97 Å². The number of hydrogen-bond donors (Lipinski definition) is 2. The van der Waals surface area contributed by atoms with E-state index < -0.39 is 0 Å². The second kappa shape index (κ2) is 8.79. The van der Waals surface area contributed by atoms with Crippen molar-refractivity contribution in [3.05, 3.63) is 53.9 Å². The number of nitrogens with zero attached hydrogens (tertiary/aromatic N) is 2. The van der Waals surface area contributed by atoms with E-state index in [4.69, 9.17) is 4.42 Å². The third-order valence-electron chi connectivity index (χ3n) is 3.68. The minimum Gasteiger partial charge on any atom is -0.508 e. The SMILES string of the molecule is CC(C)(C)Cc1cnc(CSc2cnc(NC(=O)Cc3ccc(O)cc3)s2)o1. The van der Waals surface area contributed by atoms with Crippen molar-refractivity contribution in [1.29, 1.82) is 0 Å². The molecule has 0 saturated heterocycles. The number of benzene rings is 1. The lowest BCUT2D eigenvalue weighted by molar-refractivity contribution is -0.115. The van der Waals surface area contributed by atoms with Crippen LogP contribution in [0.15, 0.2) is 45.3 Å². The van der Waals surface area contributed by atoms with Crippen LogP contribution in [-0.2, 0) is 23.4 Å². The molecule has 0 unspecified atom stereocenters. The summed E-state index contributed by atoms with van der Waals surface area (Å²) in [5, 5.41) is 12.7. The maximum Gasteiger partial charge on any atom is 0.230 e. The first-order valence-corrected chi connectivity index (χ1v) is 10.7. The van der Waals surface area contributed by atoms with E-state index in [2.05, 4.69) is 36.1 Å². The number of rotatable bonds is 7. The minimum atomic E-state index is -0.142. The molecule has 6 nitrogen and oxygen atoms in total. The van der Waals surface area contributed by atoms with Crippen LogP contribution in [0.2, 0.25) is 0 Å². The number of aromatic hydroxyl groups is 1. The number of oxazole rings is 1. The summed E-state index contributed by atoms with van der Waals surface area (Å²) in [5.41, 5.74) is 0.992. The molecule has 28 heavy (non-hydrogen) atoms. The Morgan fingerprint density at radius 2 is 1.96 bits per heavy atom. The summed E-state index contributed by atoms with van der Waals surface area (Å²) in [7, 11) is 0. The molecule has 0 aliphatic carbocycles. The molecule has 2 N–H and O–H groups in total. The van der Waals surface area contributed by atoms with Crippen LogP contribution in [-0.4, -0.2) is 21.0 Å². The molecule has 2 aromatic heterocycles. The number of thioether (sulfide) groups is 1. The van der Waals surface area contributed by atoms with E-state index in [0.717, 1.165) is 22.0 Å². The number of hydrogen-bond acceptors (Lipinski definition) is 7. The van der Waals surface area contributed by atoms with E-state index >= 15 is 0 Å². The van der Waals surface area contributed by atoms with Crippen molar-refractivity contribution < 1.29 is 14.3 Å². The number of nitrogens with one attached hydrogen (secondary N) is 1. The van der Waals surface area contributed by atoms with Crippen molar-refractivity contribution in [3.8, 4) is 5.75 Å². The number of anilines is 1. The first kappa shape index (κ1) is 20.4. The number of aromatic nitrogens is 2. The van der Waals surface area contributed by atoms with Crippen LogP contribution in [0.25, 0.3) is 0 Å². The summed E-state index contributed by atoms with van der Waals surface area (Å²) in [4.78, 5) is 20.7. The molecule has 3 aromatic rings. The zero-order chi connectivity index (χ0) is 20.1. The van der Waals surface area contributed by atoms with Crippen molar-refractivity contribution in [2.75, 3.05) is 5.32 Å². The van der Waals surface area contributed by atoms with Gasteiger partial charge >= 0.3 is 0 Å². The second-order valence-corrected chi connectivity index (χ2v) is 9.93. The zero-order valence-electron chi connectivity index (χ0n) is 16.1. The Morgan fingerprint density at radius 1 is 1.21 bits per heavy atom. The molecule has 0 aliphatic heterocycles. The van der Waals surface area contributed by atoms with Crippen molar-refractivity contribution in [2.24, 2.45) is 5.41 Å². The van der Waals surface area contributed by atoms with Crippen LogP contribution in [0.3, 0.4) is 0 Å². The molecule has 0 atom stereocenters. The summed E-state index contributed by atoms with van der Waals surface area (Å²) in [5.74, 6) is 2.25. The maximum absolute atomic E-state index is 12.1. The summed E-state index contributed by atoms with van der Waals surface area (Å²) in [6.07, 6.45) is 4.62. The lowest BCUT2D eigenvalue weighted by Crippen LogP contribution is -2.13. The Balaban J connectivity index is 1.48. The highest BCUT2D eigenvalue weighted by Crippen LogP contribution is 2.31. The summed E-state index contributed by atoms with van der Waals surface area (Å²) in [6, 6.07) is 6.58. The highest BCUT2D eigenvalue weighted by Gasteiger charge is 2.15. The third kappa shape index (κ3) is 6.38. The minimum absolute atomic E-state index is 0.142. The number of carbonyl (C=O) groups is 1. The lowest BCUT2D eigenvalue weighted by Gasteiger charge is -2.15. The molecule has 148 valence electrons. The van der Waals surface area contributed by atoms with Crippen LogP contribution < -0.4 is 5.32 Å². The van der Waals surface area contributed by atoms with Crippen molar-refractivity contribution in [2.45, 2.75) is 43.6 Å². The molecule has 0 saturated carbocycles. The molecule has 2 heterocycles. The lowest BCUT2D eigenvalue weighted by atomic mass is 9.91. The first-order chi connectivity index (χ1) is 13.3. The van der Waals surface area contributed by atoms with Crippen LogP contribution in [0, 0.1) is 5.41 Å². The van der Waals surface area contributed by atoms with E-state index in [-0.39, 0.29) is 23.5 Å². The fourth-order valence-electron chi connectivity index (χ4n) is 2.50. The standard InChI is InChI=1S/C20H23N3O3S2/c1-20(2,3)9-15-10-21-17(26-15)12-27-18-11-22-19(28-18)23-16(25)8-13-4-6-14(24)7-5-13/h4-7,10-11,24H,8-9,12H2,1-3H3,(H,22,23,25). The predicted molar refractivity (Wildman–Crippen MR) is 112 cm³/mol. The Kier molecular flexibility index (Phi) is 6.41. The van der Waals surface area contributed by atoms with Gasteiger partial charge in [0.25, 0.3) is 0 Å². The van der Waals surface area contributed by atoms with Gasteiger partial charge in [-0.05, 0) is 23.1 Å². The van der Waals surface area contributed by atoms with Gasteiger partial charge < -0.3 is 14.8 Å². The third-order valence-corrected chi connectivity index (χ3v) is 5.77. The normalized spacial score (nSPS) is 11.5. The van der Waals surface area contributed by atoms with Gasteiger partial charge in [-0.2, -0.15) is 0 Å². The molecule has 1 aromatic carbocycles. The van der Waals surface area contributed by atoms with Gasteiger partial charge in [0.2, 0.25) is 11.8 Å². The fraction of sp³-hybridized carbons (Fsp3) is 0.350. The molecule has 3 rings (SSSR count). The number of amides is 1. The van der Waals surface area contributed by atoms with Crippen LogP contribution in [0.4, 0.5) is 5.13 Å². The van der Waals surface area contributed by atoms with E-state index in [1.807, 2.05) is 0 Å². The molecule has 0 aliphatic rings. The Labute approximate surface area is 172 Å². The van der Waals surface area contributed by atoms with Crippen LogP contribution in [0.1, 0.15) is 38.0 Å². The van der Waals surface area contributed by atoms with Gasteiger partial charge in [0.15, 0.2) is 5.13 Å². The Bertz CT molecular complexity index is 927. The van der Waals surface area contributed by atoms with Crippen molar-refractivity contribution >= 4 is 34.1 Å². The molecule has 0 fully saturated rings. The summed E-state index contributed by atoms with van der Waals surface area (Å²) < 4.78 is 6.77. The molecule has 8 heteroatoms. The Hall–Kier alpha value is -2.32. The molecule has 0 bridgehead atoms. The molecule has 1 amide bonds. The van der Waals surface area contributed by atoms with Gasteiger partial charge in [0, 0.05) is 6.42 Å². The molecular weight excluding hydrogens is 394 g/mol. The van der Waals surface area contributed by atoms with E-state index in [1.54, 1.807) is 48.4 Å². The molecule has 0 spiro atoms. The first-order valence-electron chi connectivity index (χ1n) is 8.87. The topological polar surface area (TPSA) is 88.2 Å². The average molecular weight is 418 g/mol. The zero-order valence-corrected chi connectivity index (χ0v) is 17.7. The fourth-order valence-corrected chi connectivity index (χ4v) is 4.24. The van der Waals surface area contributed by atoms with Gasteiger partial charge in [-0.25, -0.2) is 9.97 Å². The predicted octanol–water partition coefficient (Wildman–Crippen LogP) is 4.90. The number of phenols is 1. The number of thiazole rings is 1. The molecular formula is C20H23N3O3S2. The van der Waals surface area contributed by atoms with Gasteiger partial charge in [0.1, 0.15) is 11.5 Å². The quantitative estimate of drug-likeness (QED) is 0.532. The van der Waals surface area contributed by atoms with Crippen LogP contribution in [0.5, 0.6) is 5.75 Å². The van der Waals surface area contributed by atoms with Gasteiger partial charge in [-0.1, -0.05) is 44.2 Å². The van der Waals surface area contributed by atoms with Crippen molar-refractivity contribution in [3.63, 3.8) is 0 Å². The largest absolute Gasteiger partial charge is 0.508 e. The smallest absolute Gasteiger partial charge is 0.230 e. The summed E-state index contributed by atoms with van der Waals surface area (Å²) >= 11 is 3.00. The van der Waals surface area contributed by atoms with Crippen LogP contribution >= 0.6 is 23.1 Å². The number of phenolic OH excluding ortho intramolecular Hbond substituents is 1. The van der Waals surface area contributed by atoms with Gasteiger partial charge in [0.05, 0.1) is 28.8 Å². The average Bonchev–Trinajstić information content (AvgIpc) is 3.23. The summed E-state index contributed by atoms with van der Waals surface area (Å²) in [6.45, 7) is 6.50. The highest BCUT2D eigenvalue weighted by atomic mass is 32.2. The highest BCUT2D eigenvalue weighted by molar-refractivity contribution is 8.00. The number of carbonyl (C=O) groups excluding carboxylic acids is 1. The van der Waals surface area contributed by atoms with E-state index in [9.17, 15) is 9.90 Å². The van der Waals surface area contributed by atoms with E-state index in [1.165, 1.54) is 11.3 Å². The van der Waals surface area contributed by atoms with Gasteiger partial charge in [-0.3, -0.25) is 4.79 Å². The second-order valence-electron chi connectivity index (χ2n) is 7.62. The maximum atomic E-state index is 12.1.